The molecule has 0 aromatic heterocycles. The van der Waals surface area contributed by atoms with Crippen molar-refractivity contribution in [3.05, 3.63) is 29.3 Å². The Bertz CT molecular complexity index is 501. The van der Waals surface area contributed by atoms with Crippen molar-refractivity contribution in [2.24, 2.45) is 5.41 Å². The monoisotopic (exact) mass is 309 g/mol. The molecular weight excluding hydrogens is 286 g/mol. The van der Waals surface area contributed by atoms with E-state index >= 15 is 0 Å². The number of benzene rings is 1. The van der Waals surface area contributed by atoms with Gasteiger partial charge in [0.1, 0.15) is 5.75 Å². The van der Waals surface area contributed by atoms with Crippen LogP contribution in [0.5, 0.6) is 5.75 Å². The van der Waals surface area contributed by atoms with Gasteiger partial charge in [-0.1, -0.05) is 38.4 Å². The first-order valence-corrected chi connectivity index (χ1v) is 8.00. The maximum absolute atomic E-state index is 12.7. The normalized spacial score (nSPS) is 19.1. The second-order valence-electron chi connectivity index (χ2n) is 6.50. The number of halogens is 1. The summed E-state index contributed by atoms with van der Waals surface area (Å²) in [7, 11) is 0. The second kappa shape index (κ2) is 6.69. The molecule has 1 aliphatic heterocycles. The summed E-state index contributed by atoms with van der Waals surface area (Å²) in [4.78, 5) is 14.6. The number of likely N-dealkylation sites (tertiary alicyclic amines) is 1. The standard InChI is InChI=1S/C17H24ClNO2/c1-4-15(21-14-8-5-7-13(18)11-14)16(20)19-10-6-9-17(2,3)12-19/h5,7-8,11,15H,4,6,9-10,12H2,1-3H3/t15-/m0/s1. The molecule has 4 heteroatoms. The molecule has 21 heavy (non-hydrogen) atoms. The minimum Gasteiger partial charge on any atom is -0.481 e. The van der Waals surface area contributed by atoms with Gasteiger partial charge in [0.2, 0.25) is 0 Å². The van der Waals surface area contributed by atoms with Crippen LogP contribution in [-0.2, 0) is 4.79 Å². The molecule has 0 bridgehead atoms. The number of ether oxygens (including phenoxy) is 1. The highest BCUT2D eigenvalue weighted by Gasteiger charge is 2.32. The molecule has 0 unspecified atom stereocenters. The number of carbonyl (C=O) groups is 1. The van der Waals surface area contributed by atoms with Crippen LogP contribution in [0.25, 0.3) is 0 Å². The third-order valence-corrected chi connectivity index (χ3v) is 4.17. The first kappa shape index (κ1) is 16.2. The second-order valence-corrected chi connectivity index (χ2v) is 6.94. The smallest absolute Gasteiger partial charge is 0.263 e. The first-order chi connectivity index (χ1) is 9.91. The van der Waals surface area contributed by atoms with Crippen molar-refractivity contribution < 1.29 is 9.53 Å². The molecule has 1 heterocycles. The van der Waals surface area contributed by atoms with Crippen molar-refractivity contribution in [2.45, 2.75) is 46.1 Å². The molecule has 0 radical (unpaired) electrons. The summed E-state index contributed by atoms with van der Waals surface area (Å²) < 4.78 is 5.85. The van der Waals surface area contributed by atoms with Crippen LogP contribution >= 0.6 is 11.6 Å². The maximum atomic E-state index is 12.7. The molecule has 1 aromatic carbocycles. The van der Waals surface area contributed by atoms with Gasteiger partial charge in [-0.05, 0) is 42.9 Å². The lowest BCUT2D eigenvalue weighted by Crippen LogP contribution is -2.48. The molecule has 2 rings (SSSR count). The Morgan fingerprint density at radius 2 is 2.24 bits per heavy atom. The van der Waals surface area contributed by atoms with E-state index in [2.05, 4.69) is 13.8 Å². The predicted molar refractivity (Wildman–Crippen MR) is 85.8 cm³/mol. The fourth-order valence-electron chi connectivity index (χ4n) is 2.83. The Morgan fingerprint density at radius 3 is 2.86 bits per heavy atom. The van der Waals surface area contributed by atoms with Gasteiger partial charge in [-0.2, -0.15) is 0 Å². The van der Waals surface area contributed by atoms with Crippen molar-refractivity contribution in [3.8, 4) is 5.75 Å². The van der Waals surface area contributed by atoms with Crippen LogP contribution in [0.1, 0.15) is 40.0 Å². The van der Waals surface area contributed by atoms with E-state index in [4.69, 9.17) is 16.3 Å². The summed E-state index contributed by atoms with van der Waals surface area (Å²) in [5.74, 6) is 0.740. The van der Waals surface area contributed by atoms with Gasteiger partial charge in [0.25, 0.3) is 5.91 Å². The molecule has 1 aliphatic rings. The van der Waals surface area contributed by atoms with Crippen molar-refractivity contribution in [1.29, 1.82) is 0 Å². The lowest BCUT2D eigenvalue weighted by molar-refractivity contribution is -0.142. The average Bonchev–Trinajstić information content (AvgIpc) is 2.43. The first-order valence-electron chi connectivity index (χ1n) is 7.62. The van der Waals surface area contributed by atoms with E-state index in [1.54, 1.807) is 12.1 Å². The minimum absolute atomic E-state index is 0.0882. The van der Waals surface area contributed by atoms with Crippen molar-refractivity contribution in [2.75, 3.05) is 13.1 Å². The topological polar surface area (TPSA) is 29.5 Å². The Labute approximate surface area is 132 Å². The molecule has 1 fully saturated rings. The van der Waals surface area contributed by atoms with E-state index in [-0.39, 0.29) is 11.3 Å². The van der Waals surface area contributed by atoms with Gasteiger partial charge in [-0.15, -0.1) is 0 Å². The highest BCUT2D eigenvalue weighted by atomic mass is 35.5. The van der Waals surface area contributed by atoms with Gasteiger partial charge in [-0.25, -0.2) is 0 Å². The van der Waals surface area contributed by atoms with Gasteiger partial charge in [-0.3, -0.25) is 4.79 Å². The molecule has 1 saturated heterocycles. The minimum atomic E-state index is -0.433. The summed E-state index contributed by atoms with van der Waals surface area (Å²) >= 11 is 5.96. The highest BCUT2D eigenvalue weighted by molar-refractivity contribution is 6.30. The molecule has 3 nitrogen and oxygen atoms in total. The summed E-state index contributed by atoms with van der Waals surface area (Å²) in [6.07, 6.45) is 2.45. The van der Waals surface area contributed by atoms with E-state index in [1.807, 2.05) is 24.0 Å². The fraction of sp³-hybridized carbons (Fsp3) is 0.588. The van der Waals surface area contributed by atoms with E-state index < -0.39 is 6.10 Å². The number of piperidine rings is 1. The summed E-state index contributed by atoms with van der Waals surface area (Å²) in [6, 6.07) is 7.21. The number of amides is 1. The molecule has 0 N–H and O–H groups in total. The van der Waals surface area contributed by atoms with Crippen molar-refractivity contribution in [1.82, 2.24) is 4.90 Å². The van der Waals surface area contributed by atoms with Crippen LogP contribution in [-0.4, -0.2) is 30.0 Å². The van der Waals surface area contributed by atoms with E-state index in [0.29, 0.717) is 17.2 Å². The predicted octanol–water partition coefficient (Wildman–Crippen LogP) is 4.15. The average molecular weight is 310 g/mol. The lowest BCUT2D eigenvalue weighted by atomic mass is 9.84. The van der Waals surface area contributed by atoms with Gasteiger partial charge in [0, 0.05) is 18.1 Å². The summed E-state index contributed by atoms with van der Waals surface area (Å²) in [5.41, 5.74) is 0.197. The highest BCUT2D eigenvalue weighted by Crippen LogP contribution is 2.29. The van der Waals surface area contributed by atoms with Gasteiger partial charge in [0.05, 0.1) is 0 Å². The Hall–Kier alpha value is -1.22. The summed E-state index contributed by atoms with van der Waals surface area (Å²) in [5, 5.41) is 0.619. The van der Waals surface area contributed by atoms with Crippen LogP contribution in [0.3, 0.4) is 0 Å². The van der Waals surface area contributed by atoms with E-state index in [9.17, 15) is 4.79 Å². The van der Waals surface area contributed by atoms with E-state index in [0.717, 1.165) is 19.5 Å². The van der Waals surface area contributed by atoms with Gasteiger partial charge < -0.3 is 9.64 Å². The lowest BCUT2D eigenvalue weighted by Gasteiger charge is -2.39. The zero-order chi connectivity index (χ0) is 15.5. The third kappa shape index (κ3) is 4.37. The molecular formula is C17H24ClNO2. The summed E-state index contributed by atoms with van der Waals surface area (Å²) in [6.45, 7) is 8.04. The number of hydrogen-bond donors (Lipinski definition) is 0. The van der Waals surface area contributed by atoms with Crippen LogP contribution < -0.4 is 4.74 Å². The molecule has 116 valence electrons. The van der Waals surface area contributed by atoms with Crippen LogP contribution in [0, 0.1) is 5.41 Å². The Morgan fingerprint density at radius 1 is 1.48 bits per heavy atom. The number of carbonyl (C=O) groups excluding carboxylic acids is 1. The van der Waals surface area contributed by atoms with Gasteiger partial charge >= 0.3 is 0 Å². The number of nitrogens with zero attached hydrogens (tertiary/aromatic N) is 1. The molecule has 1 aromatic rings. The molecule has 0 aliphatic carbocycles. The Balaban J connectivity index is 2.04. The zero-order valence-electron chi connectivity index (χ0n) is 13.1. The van der Waals surface area contributed by atoms with Crippen molar-refractivity contribution in [3.63, 3.8) is 0 Å². The largest absolute Gasteiger partial charge is 0.481 e. The van der Waals surface area contributed by atoms with Crippen LogP contribution in [0.4, 0.5) is 0 Å². The maximum Gasteiger partial charge on any atom is 0.263 e. The Kier molecular flexibility index (Phi) is 5.15. The van der Waals surface area contributed by atoms with Crippen molar-refractivity contribution >= 4 is 17.5 Å². The van der Waals surface area contributed by atoms with E-state index in [1.165, 1.54) is 6.42 Å². The number of rotatable bonds is 4. The molecule has 0 saturated carbocycles. The third-order valence-electron chi connectivity index (χ3n) is 3.93. The van der Waals surface area contributed by atoms with Crippen LogP contribution in [0.2, 0.25) is 5.02 Å². The fourth-order valence-corrected chi connectivity index (χ4v) is 3.01. The SMILES string of the molecule is CC[C@H](Oc1cccc(Cl)c1)C(=O)N1CCCC(C)(C)C1. The number of hydrogen-bond acceptors (Lipinski definition) is 2. The molecule has 1 atom stereocenters. The van der Waals surface area contributed by atoms with Crippen LogP contribution in [0.15, 0.2) is 24.3 Å². The zero-order valence-corrected chi connectivity index (χ0v) is 13.8. The quantitative estimate of drug-likeness (QED) is 0.836. The molecule has 0 spiro atoms. The van der Waals surface area contributed by atoms with Gasteiger partial charge in [0.15, 0.2) is 6.10 Å². The molecule has 1 amide bonds.